The van der Waals surface area contributed by atoms with Crippen molar-refractivity contribution >= 4 is 11.8 Å². The van der Waals surface area contributed by atoms with Gasteiger partial charge < -0.3 is 9.09 Å². The Kier molecular flexibility index (Phi) is 4.61. The molecule has 2 aromatic rings. The number of hydrogen-bond donors (Lipinski definition) is 0. The zero-order chi connectivity index (χ0) is 15.4. The Bertz CT molecular complexity index is 720. The molecule has 0 saturated carbocycles. The van der Waals surface area contributed by atoms with Crippen LogP contribution < -0.4 is 0 Å². The molecule has 0 unspecified atom stereocenters. The van der Waals surface area contributed by atoms with Crippen LogP contribution in [0.2, 0.25) is 0 Å². The minimum absolute atomic E-state index is 0.115. The summed E-state index contributed by atoms with van der Waals surface area (Å²) >= 11 is 1.72. The highest BCUT2D eigenvalue weighted by Gasteiger charge is 2.18. The van der Waals surface area contributed by atoms with Gasteiger partial charge in [-0.2, -0.15) is 27.3 Å². The lowest BCUT2D eigenvalue weighted by atomic mass is 10.3. The van der Waals surface area contributed by atoms with Crippen molar-refractivity contribution in [3.05, 3.63) is 28.9 Å². The van der Waals surface area contributed by atoms with Gasteiger partial charge in [0.2, 0.25) is 5.89 Å². The molecule has 0 aromatic carbocycles. The van der Waals surface area contributed by atoms with Crippen LogP contribution in [0.5, 0.6) is 0 Å². The molecule has 0 saturated heterocycles. The van der Waals surface area contributed by atoms with Gasteiger partial charge in [0.1, 0.15) is 24.5 Å². The van der Waals surface area contributed by atoms with Crippen LogP contribution in [0.15, 0.2) is 4.52 Å². The number of nitriles is 2. The predicted molar refractivity (Wildman–Crippen MR) is 76.3 cm³/mol. The van der Waals surface area contributed by atoms with Crippen molar-refractivity contribution in [2.75, 3.05) is 5.75 Å². The van der Waals surface area contributed by atoms with Crippen molar-refractivity contribution in [2.24, 2.45) is 0 Å². The first kappa shape index (κ1) is 15.1. The fourth-order valence-electron chi connectivity index (χ4n) is 1.91. The summed E-state index contributed by atoms with van der Waals surface area (Å²) in [7, 11) is 0. The van der Waals surface area contributed by atoms with Crippen molar-refractivity contribution in [1.82, 2.24) is 19.7 Å². The molecule has 7 nitrogen and oxygen atoms in total. The first-order valence-corrected chi connectivity index (χ1v) is 7.47. The molecule has 0 bridgehead atoms. The zero-order valence-electron chi connectivity index (χ0n) is 12.0. The van der Waals surface area contributed by atoms with Crippen LogP contribution in [0.25, 0.3) is 0 Å². The second kappa shape index (κ2) is 6.42. The molecule has 0 aliphatic rings. The van der Waals surface area contributed by atoms with Crippen LogP contribution in [-0.4, -0.2) is 25.4 Å². The zero-order valence-corrected chi connectivity index (χ0v) is 12.8. The summed E-state index contributed by atoms with van der Waals surface area (Å²) in [6, 6.07) is 3.90. The number of imidazole rings is 1. The molecule has 0 N–H and O–H groups in total. The molecule has 0 amide bonds. The smallest absolute Gasteiger partial charge is 0.246 e. The molecule has 0 fully saturated rings. The van der Waals surface area contributed by atoms with Crippen LogP contribution in [0, 0.1) is 29.6 Å². The lowest BCUT2D eigenvalue weighted by molar-refractivity contribution is 0.365. The Morgan fingerprint density at radius 2 is 2.10 bits per heavy atom. The van der Waals surface area contributed by atoms with E-state index in [2.05, 4.69) is 22.0 Å². The average Bonchev–Trinajstić information content (AvgIpc) is 3.05. The maximum Gasteiger partial charge on any atom is 0.246 e. The van der Waals surface area contributed by atoms with E-state index in [0.29, 0.717) is 17.5 Å². The van der Waals surface area contributed by atoms with Gasteiger partial charge in [-0.1, -0.05) is 12.1 Å². The molecular weight excluding hydrogens is 288 g/mol. The number of aromatic nitrogens is 4. The summed E-state index contributed by atoms with van der Waals surface area (Å²) in [6.45, 7) is 6.05. The highest BCUT2D eigenvalue weighted by atomic mass is 32.2. The van der Waals surface area contributed by atoms with Gasteiger partial charge in [-0.25, -0.2) is 4.98 Å². The third-order valence-electron chi connectivity index (χ3n) is 2.93. The number of hydrogen-bond acceptors (Lipinski definition) is 7. The molecule has 108 valence electrons. The second-order valence-electron chi connectivity index (χ2n) is 4.31. The first-order chi connectivity index (χ1) is 10.1. The largest absolute Gasteiger partial charge is 0.337 e. The summed E-state index contributed by atoms with van der Waals surface area (Å²) < 4.78 is 6.82. The summed E-state index contributed by atoms with van der Waals surface area (Å²) in [5.41, 5.74) is 0.329. The Morgan fingerprint density at radius 1 is 1.33 bits per heavy atom. The Balaban J connectivity index is 2.26. The highest BCUT2D eigenvalue weighted by Crippen LogP contribution is 2.25. The average molecular weight is 302 g/mol. The van der Waals surface area contributed by atoms with Gasteiger partial charge in [0.05, 0.1) is 5.25 Å². The Hall–Kier alpha value is -2.32. The van der Waals surface area contributed by atoms with E-state index in [1.54, 1.807) is 23.3 Å². The van der Waals surface area contributed by atoms with Crippen molar-refractivity contribution in [3.8, 4) is 12.1 Å². The maximum absolute atomic E-state index is 9.15. The predicted octanol–water partition coefficient (Wildman–Crippen LogP) is 2.18. The molecule has 0 radical (unpaired) electrons. The Labute approximate surface area is 126 Å². The number of rotatable bonds is 5. The number of thioether (sulfide) groups is 1. The number of aryl methyl sites for hydroxylation is 1. The second-order valence-corrected chi connectivity index (χ2v) is 5.93. The lowest BCUT2D eigenvalue weighted by Gasteiger charge is -2.03. The van der Waals surface area contributed by atoms with Gasteiger partial charge >= 0.3 is 0 Å². The van der Waals surface area contributed by atoms with E-state index in [1.165, 1.54) is 0 Å². The molecule has 2 rings (SSSR count). The van der Waals surface area contributed by atoms with E-state index in [1.807, 2.05) is 19.1 Å². The van der Waals surface area contributed by atoms with E-state index >= 15 is 0 Å². The van der Waals surface area contributed by atoms with Gasteiger partial charge in [-0.3, -0.25) is 0 Å². The quantitative estimate of drug-likeness (QED) is 0.833. The Morgan fingerprint density at radius 3 is 2.71 bits per heavy atom. The molecule has 2 heterocycles. The van der Waals surface area contributed by atoms with Crippen LogP contribution >= 0.6 is 11.8 Å². The molecule has 1 atom stereocenters. The highest BCUT2D eigenvalue weighted by molar-refractivity contribution is 7.99. The minimum atomic E-state index is 0.115. The van der Waals surface area contributed by atoms with Crippen molar-refractivity contribution in [3.63, 3.8) is 0 Å². The first-order valence-electron chi connectivity index (χ1n) is 6.42. The monoisotopic (exact) mass is 302 g/mol. The van der Waals surface area contributed by atoms with Crippen molar-refractivity contribution < 1.29 is 4.52 Å². The van der Waals surface area contributed by atoms with Gasteiger partial charge in [-0.05, 0) is 19.6 Å². The van der Waals surface area contributed by atoms with Crippen LogP contribution in [0.4, 0.5) is 0 Å². The van der Waals surface area contributed by atoms with Crippen LogP contribution in [0.3, 0.4) is 0 Å². The van der Waals surface area contributed by atoms with E-state index in [0.717, 1.165) is 5.75 Å². The summed E-state index contributed by atoms with van der Waals surface area (Å²) in [5, 5.41) is 22.2. The van der Waals surface area contributed by atoms with Gasteiger partial charge in [0, 0.05) is 0 Å². The fraction of sp³-hybridized carbons (Fsp3) is 0.462. The topological polar surface area (TPSA) is 104 Å². The molecular formula is C13H14N6OS. The van der Waals surface area contributed by atoms with Gasteiger partial charge in [0.15, 0.2) is 17.2 Å². The summed E-state index contributed by atoms with van der Waals surface area (Å²) in [4.78, 5) is 8.39. The maximum atomic E-state index is 9.15. The SMILES string of the molecule is CCS[C@H](C)c1noc(Cn2c(C)nc(C#N)c2C#N)n1. The van der Waals surface area contributed by atoms with E-state index in [-0.39, 0.29) is 23.2 Å². The standard InChI is InChI=1S/C13H14N6OS/c1-4-21-8(2)13-17-12(20-18-13)7-19-9(3)16-10(5-14)11(19)6-15/h8H,4,7H2,1-3H3/t8-/m1/s1. The lowest BCUT2D eigenvalue weighted by Crippen LogP contribution is -2.05. The molecule has 21 heavy (non-hydrogen) atoms. The van der Waals surface area contributed by atoms with Gasteiger partial charge in [-0.15, -0.1) is 0 Å². The number of nitrogens with zero attached hydrogens (tertiary/aromatic N) is 6. The van der Waals surface area contributed by atoms with Crippen molar-refractivity contribution in [2.45, 2.75) is 32.6 Å². The van der Waals surface area contributed by atoms with Crippen LogP contribution in [-0.2, 0) is 6.54 Å². The van der Waals surface area contributed by atoms with E-state index in [9.17, 15) is 0 Å². The van der Waals surface area contributed by atoms with Crippen molar-refractivity contribution in [1.29, 1.82) is 10.5 Å². The minimum Gasteiger partial charge on any atom is -0.337 e. The summed E-state index contributed by atoms with van der Waals surface area (Å²) in [5.74, 6) is 2.57. The summed E-state index contributed by atoms with van der Waals surface area (Å²) in [6.07, 6.45) is 0. The molecule has 0 spiro atoms. The van der Waals surface area contributed by atoms with E-state index in [4.69, 9.17) is 15.0 Å². The van der Waals surface area contributed by atoms with Gasteiger partial charge in [0.25, 0.3) is 0 Å². The third kappa shape index (κ3) is 3.06. The molecule has 0 aliphatic heterocycles. The molecule has 0 aliphatic carbocycles. The fourth-order valence-corrected chi connectivity index (χ4v) is 2.65. The van der Waals surface area contributed by atoms with Crippen LogP contribution in [0.1, 0.15) is 48.0 Å². The molecule has 2 aromatic heterocycles. The third-order valence-corrected chi connectivity index (χ3v) is 3.97. The molecule has 8 heteroatoms. The normalized spacial score (nSPS) is 11.9. The van der Waals surface area contributed by atoms with E-state index < -0.39 is 0 Å².